The first-order valence-electron chi connectivity index (χ1n) is 7.96. The second-order valence-electron chi connectivity index (χ2n) is 5.84. The summed E-state index contributed by atoms with van der Waals surface area (Å²) < 4.78 is 2.66. The van der Waals surface area contributed by atoms with Crippen LogP contribution in [0.2, 0.25) is 0 Å². The highest BCUT2D eigenvalue weighted by Crippen LogP contribution is 2.19. The van der Waals surface area contributed by atoms with Gasteiger partial charge in [-0.1, -0.05) is 25.3 Å². The molecule has 0 aromatic carbocycles. The molecule has 1 aliphatic rings. The normalized spacial score (nSPS) is 16.5. The molecular formula is C17H20N4O2. The monoisotopic (exact) mass is 312 g/mol. The number of carbonyl (C=O) groups is 1. The number of nitrogens with zero attached hydrogens (tertiary/aromatic N) is 4. The molecule has 6 nitrogen and oxygen atoms in total. The molecule has 0 atom stereocenters. The molecule has 23 heavy (non-hydrogen) atoms. The van der Waals surface area contributed by atoms with Crippen LogP contribution in [0.5, 0.6) is 0 Å². The number of rotatable bonds is 2. The minimum Gasteiger partial charge on any atom is -0.268 e. The third-order valence-corrected chi connectivity index (χ3v) is 4.13. The van der Waals surface area contributed by atoms with E-state index in [1.165, 1.54) is 43.0 Å². The maximum Gasteiger partial charge on any atom is 0.283 e. The Labute approximate surface area is 134 Å². The Hall–Kier alpha value is -2.50. The van der Waals surface area contributed by atoms with Crippen LogP contribution in [0.15, 0.2) is 46.3 Å². The molecule has 1 aliphatic carbocycles. The highest BCUT2D eigenvalue weighted by atomic mass is 16.2. The molecule has 0 amide bonds. The van der Waals surface area contributed by atoms with Gasteiger partial charge in [0.15, 0.2) is 0 Å². The molecule has 2 heterocycles. The summed E-state index contributed by atoms with van der Waals surface area (Å²) in [6.07, 6.45) is 7.48. The van der Waals surface area contributed by atoms with E-state index in [0.717, 1.165) is 17.5 Å². The van der Waals surface area contributed by atoms with E-state index in [4.69, 9.17) is 4.99 Å². The van der Waals surface area contributed by atoms with Crippen LogP contribution in [0.1, 0.15) is 42.6 Å². The van der Waals surface area contributed by atoms with Crippen molar-refractivity contribution in [3.05, 3.63) is 58.1 Å². The standard InChI is InChI=1S/C17H20N4O2/c1-20-16(22)11-10-14(19-20)17(23)21-12-6-5-9-15(21)18-13-7-3-2-4-8-13/h5-6,9-13H,2-4,7-8H2,1H3. The van der Waals surface area contributed by atoms with Crippen molar-refractivity contribution in [3.8, 4) is 0 Å². The molecule has 2 aromatic heterocycles. The number of hydrogen-bond donors (Lipinski definition) is 0. The average Bonchev–Trinajstić information content (AvgIpc) is 2.58. The lowest BCUT2D eigenvalue weighted by atomic mass is 9.96. The quantitative estimate of drug-likeness (QED) is 0.844. The van der Waals surface area contributed by atoms with E-state index >= 15 is 0 Å². The molecule has 0 saturated heterocycles. The summed E-state index contributed by atoms with van der Waals surface area (Å²) >= 11 is 0. The second-order valence-corrected chi connectivity index (χ2v) is 5.84. The largest absolute Gasteiger partial charge is 0.283 e. The van der Waals surface area contributed by atoms with Gasteiger partial charge in [-0.15, -0.1) is 0 Å². The summed E-state index contributed by atoms with van der Waals surface area (Å²) in [6, 6.07) is 8.59. The van der Waals surface area contributed by atoms with Crippen LogP contribution < -0.4 is 11.0 Å². The van der Waals surface area contributed by atoms with Gasteiger partial charge in [0.1, 0.15) is 11.2 Å². The Morgan fingerprint density at radius 1 is 1.17 bits per heavy atom. The van der Waals surface area contributed by atoms with Crippen LogP contribution in [0.25, 0.3) is 0 Å². The Kier molecular flexibility index (Phi) is 4.50. The molecule has 0 unspecified atom stereocenters. The predicted octanol–water partition coefficient (Wildman–Crippen LogP) is 1.50. The van der Waals surface area contributed by atoms with Gasteiger partial charge in [-0.05, 0) is 31.0 Å². The van der Waals surface area contributed by atoms with E-state index < -0.39 is 0 Å². The Balaban J connectivity index is 1.99. The van der Waals surface area contributed by atoms with Crippen molar-refractivity contribution >= 4 is 5.91 Å². The van der Waals surface area contributed by atoms with Gasteiger partial charge in [-0.2, -0.15) is 5.10 Å². The van der Waals surface area contributed by atoms with E-state index in [0.29, 0.717) is 5.49 Å². The molecule has 2 aromatic rings. The van der Waals surface area contributed by atoms with Crippen molar-refractivity contribution in [2.45, 2.75) is 38.1 Å². The van der Waals surface area contributed by atoms with E-state index in [1.54, 1.807) is 12.3 Å². The average molecular weight is 312 g/mol. The zero-order valence-corrected chi connectivity index (χ0v) is 13.2. The lowest BCUT2D eigenvalue weighted by molar-refractivity contribution is 0.0947. The number of aryl methyl sites for hydroxylation is 1. The van der Waals surface area contributed by atoms with Gasteiger partial charge in [0.25, 0.3) is 11.5 Å². The maximum absolute atomic E-state index is 12.7. The molecule has 120 valence electrons. The van der Waals surface area contributed by atoms with Gasteiger partial charge in [0.2, 0.25) is 0 Å². The molecule has 1 fully saturated rings. The first-order valence-corrected chi connectivity index (χ1v) is 7.96. The first-order chi connectivity index (χ1) is 11.1. The van der Waals surface area contributed by atoms with Gasteiger partial charge in [-0.25, -0.2) is 4.68 Å². The van der Waals surface area contributed by atoms with Crippen molar-refractivity contribution in [1.29, 1.82) is 0 Å². The molecule has 6 heteroatoms. The smallest absolute Gasteiger partial charge is 0.268 e. The summed E-state index contributed by atoms with van der Waals surface area (Å²) in [4.78, 5) is 28.9. The van der Waals surface area contributed by atoms with Crippen molar-refractivity contribution in [2.75, 3.05) is 0 Å². The summed E-state index contributed by atoms with van der Waals surface area (Å²) in [6.45, 7) is 0. The molecule has 0 spiro atoms. The Morgan fingerprint density at radius 3 is 2.70 bits per heavy atom. The van der Waals surface area contributed by atoms with E-state index in [1.807, 2.05) is 12.1 Å². The maximum atomic E-state index is 12.7. The van der Waals surface area contributed by atoms with Crippen LogP contribution in [0, 0.1) is 0 Å². The molecule has 0 radical (unpaired) electrons. The van der Waals surface area contributed by atoms with E-state index in [-0.39, 0.29) is 23.2 Å². The zero-order chi connectivity index (χ0) is 16.2. The highest BCUT2D eigenvalue weighted by Gasteiger charge is 2.14. The summed E-state index contributed by atoms with van der Waals surface area (Å²) in [5.41, 5.74) is 0.621. The number of aromatic nitrogens is 3. The SMILES string of the molecule is Cn1nc(C(=O)n2ccccc2=NC2CCCCC2)ccc1=O. The van der Waals surface area contributed by atoms with E-state index in [2.05, 4.69) is 5.10 Å². The van der Waals surface area contributed by atoms with Crippen LogP contribution >= 0.6 is 0 Å². The van der Waals surface area contributed by atoms with Crippen LogP contribution in [-0.2, 0) is 7.05 Å². The van der Waals surface area contributed by atoms with Crippen LogP contribution in [-0.4, -0.2) is 26.3 Å². The van der Waals surface area contributed by atoms with Gasteiger partial charge in [0, 0.05) is 19.3 Å². The Morgan fingerprint density at radius 2 is 1.96 bits per heavy atom. The van der Waals surface area contributed by atoms with Gasteiger partial charge in [-0.3, -0.25) is 19.1 Å². The number of pyridine rings is 1. The third-order valence-electron chi connectivity index (χ3n) is 4.13. The number of carbonyl (C=O) groups excluding carboxylic acids is 1. The van der Waals surface area contributed by atoms with E-state index in [9.17, 15) is 9.59 Å². The third kappa shape index (κ3) is 3.47. The minimum absolute atomic E-state index is 0.225. The van der Waals surface area contributed by atoms with Crippen molar-refractivity contribution < 1.29 is 4.79 Å². The van der Waals surface area contributed by atoms with Crippen molar-refractivity contribution in [2.24, 2.45) is 12.0 Å². The lowest BCUT2D eigenvalue weighted by Crippen LogP contribution is -2.31. The first kappa shape index (κ1) is 15.4. The van der Waals surface area contributed by atoms with Crippen LogP contribution in [0.4, 0.5) is 0 Å². The fourth-order valence-electron chi connectivity index (χ4n) is 2.85. The summed E-state index contributed by atoms with van der Waals surface area (Å²) in [7, 11) is 1.53. The van der Waals surface area contributed by atoms with Crippen molar-refractivity contribution in [1.82, 2.24) is 14.3 Å². The highest BCUT2D eigenvalue weighted by molar-refractivity contribution is 5.93. The summed E-state index contributed by atoms with van der Waals surface area (Å²) in [5, 5.41) is 4.03. The molecular weight excluding hydrogens is 292 g/mol. The van der Waals surface area contributed by atoms with Gasteiger partial charge >= 0.3 is 0 Å². The van der Waals surface area contributed by atoms with Gasteiger partial charge < -0.3 is 0 Å². The summed E-state index contributed by atoms with van der Waals surface area (Å²) in [5.74, 6) is -0.282. The second kappa shape index (κ2) is 6.73. The molecule has 0 bridgehead atoms. The zero-order valence-electron chi connectivity index (χ0n) is 13.2. The number of hydrogen-bond acceptors (Lipinski definition) is 4. The Bertz CT molecular complexity index is 829. The molecule has 0 N–H and O–H groups in total. The van der Waals surface area contributed by atoms with Gasteiger partial charge in [0.05, 0.1) is 6.04 Å². The lowest BCUT2D eigenvalue weighted by Gasteiger charge is -2.17. The molecule has 1 saturated carbocycles. The predicted molar refractivity (Wildman–Crippen MR) is 86.1 cm³/mol. The molecule has 0 aliphatic heterocycles. The molecule has 3 rings (SSSR count). The minimum atomic E-state index is -0.282. The van der Waals surface area contributed by atoms with Crippen molar-refractivity contribution in [3.63, 3.8) is 0 Å². The fraction of sp³-hybridized carbons (Fsp3) is 0.412. The fourth-order valence-corrected chi connectivity index (χ4v) is 2.85. The topological polar surface area (TPSA) is 69.2 Å². The van der Waals surface area contributed by atoms with Crippen LogP contribution in [0.3, 0.4) is 0 Å².